The maximum Gasteiger partial charge on any atom is 0.410 e. The van der Waals surface area contributed by atoms with E-state index in [4.69, 9.17) is 10.5 Å². The first kappa shape index (κ1) is 10.9. The van der Waals surface area contributed by atoms with Gasteiger partial charge in [-0.25, -0.2) is 4.79 Å². The number of halogens is 1. The summed E-state index contributed by atoms with van der Waals surface area (Å²) < 4.78 is 5.74. The average Bonchev–Trinajstić information content (AvgIpc) is 2.10. The van der Waals surface area contributed by atoms with E-state index in [9.17, 15) is 4.79 Å². The van der Waals surface area contributed by atoms with Crippen molar-refractivity contribution in [2.24, 2.45) is 5.73 Å². The molecule has 1 amide bonds. The van der Waals surface area contributed by atoms with Gasteiger partial charge >= 0.3 is 6.09 Å². The maximum atomic E-state index is 10.6. The van der Waals surface area contributed by atoms with E-state index in [1.165, 1.54) is 0 Å². The average molecular weight is 301 g/mol. The van der Waals surface area contributed by atoms with Crippen LogP contribution in [0.15, 0.2) is 18.2 Å². The molecule has 0 aliphatic carbocycles. The van der Waals surface area contributed by atoms with Gasteiger partial charge in [0.25, 0.3) is 0 Å². The van der Waals surface area contributed by atoms with Crippen molar-refractivity contribution in [2.75, 3.05) is 0 Å². The molecule has 72 valence electrons. The zero-order valence-corrected chi connectivity index (χ0v) is 9.66. The maximum absolute atomic E-state index is 10.6. The zero-order valence-electron chi connectivity index (χ0n) is 7.50. The Morgan fingerprint density at radius 3 is 2.86 bits per heavy atom. The van der Waals surface area contributed by atoms with Crippen molar-refractivity contribution in [3.8, 4) is 17.6 Å². The monoisotopic (exact) mass is 301 g/mol. The summed E-state index contributed by atoms with van der Waals surface area (Å²) in [5.41, 5.74) is 5.62. The Labute approximate surface area is 95.8 Å². The van der Waals surface area contributed by atoms with Crippen LogP contribution in [0.4, 0.5) is 4.79 Å². The van der Waals surface area contributed by atoms with Crippen molar-refractivity contribution < 1.29 is 9.53 Å². The van der Waals surface area contributed by atoms with Crippen LogP contribution in [0.25, 0.3) is 0 Å². The third-order valence-corrected chi connectivity index (χ3v) is 2.33. The van der Waals surface area contributed by atoms with Gasteiger partial charge in [-0.1, -0.05) is 12.0 Å². The van der Waals surface area contributed by atoms with E-state index in [0.29, 0.717) is 11.3 Å². The fraction of sp³-hybridized carbons (Fsp3) is 0.100. The minimum Gasteiger partial charge on any atom is -0.409 e. The van der Waals surface area contributed by atoms with Gasteiger partial charge in [-0.15, -0.1) is 5.92 Å². The van der Waals surface area contributed by atoms with Crippen LogP contribution in [0.2, 0.25) is 0 Å². The second-order valence-electron chi connectivity index (χ2n) is 2.41. The number of primary amides is 1. The van der Waals surface area contributed by atoms with Gasteiger partial charge in [0.15, 0.2) is 0 Å². The summed E-state index contributed by atoms with van der Waals surface area (Å²) in [5.74, 6) is 6.01. The Morgan fingerprint density at radius 2 is 2.29 bits per heavy atom. The van der Waals surface area contributed by atoms with Gasteiger partial charge < -0.3 is 10.5 Å². The van der Waals surface area contributed by atoms with Crippen molar-refractivity contribution in [1.29, 1.82) is 0 Å². The number of hydrogen-bond donors (Lipinski definition) is 1. The van der Waals surface area contributed by atoms with Crippen molar-refractivity contribution in [2.45, 2.75) is 6.92 Å². The number of carbonyl (C=O) groups is 1. The third-order valence-electron chi connectivity index (χ3n) is 1.44. The van der Waals surface area contributed by atoms with Gasteiger partial charge in [0.2, 0.25) is 0 Å². The second-order valence-corrected chi connectivity index (χ2v) is 3.57. The first-order valence-electron chi connectivity index (χ1n) is 3.83. The third kappa shape index (κ3) is 2.64. The predicted octanol–water partition coefficient (Wildman–Crippen LogP) is 2.12. The van der Waals surface area contributed by atoms with Crippen LogP contribution in [0.3, 0.4) is 0 Å². The van der Waals surface area contributed by atoms with Gasteiger partial charge in [-0.3, -0.25) is 0 Å². The van der Waals surface area contributed by atoms with Crippen molar-refractivity contribution in [3.63, 3.8) is 0 Å². The summed E-state index contributed by atoms with van der Waals surface area (Å²) in [5, 5.41) is 0. The molecule has 0 aliphatic heterocycles. The largest absolute Gasteiger partial charge is 0.410 e. The number of rotatable bonds is 1. The molecule has 1 aromatic rings. The molecular formula is C10H8INO2. The predicted molar refractivity (Wildman–Crippen MR) is 61.9 cm³/mol. The van der Waals surface area contributed by atoms with Crippen LogP contribution in [-0.2, 0) is 0 Å². The van der Waals surface area contributed by atoms with Crippen LogP contribution >= 0.6 is 22.6 Å². The molecule has 0 heterocycles. The molecule has 0 aromatic heterocycles. The molecule has 0 spiro atoms. The number of amides is 1. The van der Waals surface area contributed by atoms with Gasteiger partial charge in [0.1, 0.15) is 5.75 Å². The van der Waals surface area contributed by atoms with Gasteiger partial charge in [-0.2, -0.15) is 0 Å². The Morgan fingerprint density at radius 1 is 1.57 bits per heavy atom. The molecule has 1 aromatic carbocycles. The minimum atomic E-state index is -0.828. The van der Waals surface area contributed by atoms with Crippen molar-refractivity contribution in [1.82, 2.24) is 0 Å². The molecule has 0 saturated heterocycles. The quantitative estimate of drug-likeness (QED) is 0.638. The summed E-state index contributed by atoms with van der Waals surface area (Å²) >= 11 is 2.12. The van der Waals surface area contributed by atoms with E-state index < -0.39 is 6.09 Å². The van der Waals surface area contributed by atoms with Gasteiger partial charge in [0, 0.05) is 3.57 Å². The van der Waals surface area contributed by atoms with Crippen LogP contribution in [0.1, 0.15) is 12.5 Å². The lowest BCUT2D eigenvalue weighted by atomic mass is 10.2. The molecule has 0 fully saturated rings. The van der Waals surface area contributed by atoms with Gasteiger partial charge in [-0.05, 0) is 41.6 Å². The molecular weight excluding hydrogens is 293 g/mol. The lowest BCUT2D eigenvalue weighted by molar-refractivity contribution is 0.210. The summed E-state index contributed by atoms with van der Waals surface area (Å²) in [6, 6.07) is 5.32. The standard InChI is InChI=1S/C10H8INO2/c1-2-4-7-8(11)5-3-6-9(7)14-10(12)13/h3,5-6H,1H3,(H2,12,13). The van der Waals surface area contributed by atoms with Crippen LogP contribution in [0, 0.1) is 15.4 Å². The lowest BCUT2D eigenvalue weighted by Gasteiger charge is -2.04. The molecule has 14 heavy (non-hydrogen) atoms. The van der Waals surface area contributed by atoms with E-state index in [-0.39, 0.29) is 0 Å². The highest BCUT2D eigenvalue weighted by molar-refractivity contribution is 14.1. The van der Waals surface area contributed by atoms with Crippen molar-refractivity contribution in [3.05, 3.63) is 27.3 Å². The highest BCUT2D eigenvalue weighted by Gasteiger charge is 2.07. The Kier molecular flexibility index (Phi) is 3.77. The smallest absolute Gasteiger partial charge is 0.409 e. The molecule has 2 N–H and O–H groups in total. The first-order valence-corrected chi connectivity index (χ1v) is 4.91. The topological polar surface area (TPSA) is 52.3 Å². The SMILES string of the molecule is CC#Cc1c(I)cccc1OC(N)=O. The number of carbonyl (C=O) groups excluding carboxylic acids is 1. The normalized spacial score (nSPS) is 8.71. The van der Waals surface area contributed by atoms with E-state index in [2.05, 4.69) is 34.4 Å². The van der Waals surface area contributed by atoms with Crippen molar-refractivity contribution >= 4 is 28.7 Å². The highest BCUT2D eigenvalue weighted by Crippen LogP contribution is 2.22. The van der Waals surface area contributed by atoms with E-state index in [0.717, 1.165) is 3.57 Å². The molecule has 0 bridgehead atoms. The highest BCUT2D eigenvalue weighted by atomic mass is 127. The first-order chi connectivity index (χ1) is 6.65. The molecule has 0 saturated carbocycles. The molecule has 1 rings (SSSR count). The Balaban J connectivity index is 3.18. The van der Waals surface area contributed by atoms with E-state index >= 15 is 0 Å². The number of ether oxygens (including phenoxy) is 1. The van der Waals surface area contributed by atoms with E-state index in [1.54, 1.807) is 19.1 Å². The molecule has 0 atom stereocenters. The summed E-state index contributed by atoms with van der Waals surface area (Å²) in [6.45, 7) is 1.72. The summed E-state index contributed by atoms with van der Waals surface area (Å²) in [6.07, 6.45) is -0.828. The van der Waals surface area contributed by atoms with Crippen LogP contribution < -0.4 is 10.5 Å². The number of hydrogen-bond acceptors (Lipinski definition) is 2. The van der Waals surface area contributed by atoms with E-state index in [1.807, 2.05) is 6.07 Å². The molecule has 3 nitrogen and oxygen atoms in total. The lowest BCUT2D eigenvalue weighted by Crippen LogP contribution is -2.17. The number of benzene rings is 1. The van der Waals surface area contributed by atoms with Crippen LogP contribution in [0.5, 0.6) is 5.75 Å². The fourth-order valence-corrected chi connectivity index (χ4v) is 1.55. The summed E-state index contributed by atoms with van der Waals surface area (Å²) in [4.78, 5) is 10.6. The molecule has 0 radical (unpaired) electrons. The summed E-state index contributed by atoms with van der Waals surface area (Å²) in [7, 11) is 0. The second kappa shape index (κ2) is 4.86. The van der Waals surface area contributed by atoms with Crippen LogP contribution in [-0.4, -0.2) is 6.09 Å². The number of nitrogens with two attached hydrogens (primary N) is 1. The molecule has 0 unspecified atom stereocenters. The zero-order chi connectivity index (χ0) is 10.6. The fourth-order valence-electron chi connectivity index (χ4n) is 0.944. The minimum absolute atomic E-state index is 0.402. The molecule has 0 aliphatic rings. The van der Waals surface area contributed by atoms with Gasteiger partial charge in [0.05, 0.1) is 5.56 Å². The Hall–Kier alpha value is -1.22. The Bertz CT molecular complexity index is 418. The molecule has 4 heteroatoms.